The van der Waals surface area contributed by atoms with Crippen LogP contribution in [-0.2, 0) is 7.05 Å². The standard InChI is InChI=1S/C23H16ClF2N3OS/c1-29-22(18-4-2-3-13-27-18)28-19(23(29)31-17-11-9-16(24)10-12-17)14-5-7-15(8-6-14)20(30)21(25)26/h2-13,21H,1H3. The van der Waals surface area contributed by atoms with E-state index in [0.29, 0.717) is 27.8 Å². The van der Waals surface area contributed by atoms with Crippen molar-refractivity contribution in [2.75, 3.05) is 0 Å². The van der Waals surface area contributed by atoms with E-state index < -0.39 is 12.2 Å². The smallest absolute Gasteiger partial charge is 0.300 e. The predicted octanol–water partition coefficient (Wildman–Crippen LogP) is 6.40. The summed E-state index contributed by atoms with van der Waals surface area (Å²) in [6, 6.07) is 19.1. The maximum absolute atomic E-state index is 12.7. The monoisotopic (exact) mass is 455 g/mol. The molecule has 0 atom stereocenters. The molecule has 0 aliphatic carbocycles. The van der Waals surface area contributed by atoms with E-state index in [0.717, 1.165) is 9.92 Å². The molecule has 31 heavy (non-hydrogen) atoms. The highest BCUT2D eigenvalue weighted by Gasteiger charge is 2.21. The average Bonchev–Trinajstić information content (AvgIpc) is 3.11. The number of ketones is 1. The van der Waals surface area contributed by atoms with Crippen LogP contribution in [0, 0.1) is 0 Å². The molecule has 0 spiro atoms. The number of benzene rings is 2. The van der Waals surface area contributed by atoms with Crippen molar-refractivity contribution in [2.45, 2.75) is 16.3 Å². The van der Waals surface area contributed by atoms with E-state index in [1.54, 1.807) is 18.3 Å². The van der Waals surface area contributed by atoms with Crippen molar-refractivity contribution in [2.24, 2.45) is 7.05 Å². The average molecular weight is 456 g/mol. The van der Waals surface area contributed by atoms with Crippen LogP contribution in [0.3, 0.4) is 0 Å². The maximum atomic E-state index is 12.7. The molecule has 4 nitrogen and oxygen atoms in total. The molecule has 4 rings (SSSR count). The van der Waals surface area contributed by atoms with Crippen LogP contribution in [0.15, 0.2) is 82.8 Å². The van der Waals surface area contributed by atoms with E-state index in [1.807, 2.05) is 54.1 Å². The van der Waals surface area contributed by atoms with Gasteiger partial charge in [-0.2, -0.15) is 0 Å². The van der Waals surface area contributed by atoms with Crippen LogP contribution in [0.4, 0.5) is 8.78 Å². The fourth-order valence-corrected chi connectivity index (χ4v) is 4.15. The Morgan fingerprint density at radius 1 is 1.03 bits per heavy atom. The molecule has 0 aliphatic heterocycles. The van der Waals surface area contributed by atoms with Gasteiger partial charge in [-0.25, -0.2) is 13.8 Å². The molecule has 2 aromatic heterocycles. The lowest BCUT2D eigenvalue weighted by molar-refractivity contribution is 0.0679. The highest BCUT2D eigenvalue weighted by molar-refractivity contribution is 7.99. The number of pyridine rings is 1. The van der Waals surface area contributed by atoms with Crippen LogP contribution < -0.4 is 0 Å². The van der Waals surface area contributed by atoms with Gasteiger partial charge in [-0.1, -0.05) is 53.7 Å². The van der Waals surface area contributed by atoms with Gasteiger partial charge in [-0.05, 0) is 36.4 Å². The maximum Gasteiger partial charge on any atom is 0.300 e. The lowest BCUT2D eigenvalue weighted by Gasteiger charge is -2.08. The molecule has 0 saturated heterocycles. The first-order chi connectivity index (χ1) is 14.9. The van der Waals surface area contributed by atoms with Crippen molar-refractivity contribution in [1.82, 2.24) is 14.5 Å². The minimum atomic E-state index is -3.03. The first kappa shape index (κ1) is 21.2. The number of rotatable bonds is 6. The fourth-order valence-electron chi connectivity index (χ4n) is 3.05. The Morgan fingerprint density at radius 3 is 2.35 bits per heavy atom. The summed E-state index contributed by atoms with van der Waals surface area (Å²) in [7, 11) is 1.90. The number of hydrogen-bond acceptors (Lipinski definition) is 4. The highest BCUT2D eigenvalue weighted by Crippen LogP contribution is 2.38. The molecule has 2 heterocycles. The zero-order chi connectivity index (χ0) is 22.0. The molecule has 4 aromatic rings. The van der Waals surface area contributed by atoms with Gasteiger partial charge in [0, 0.05) is 34.3 Å². The van der Waals surface area contributed by atoms with E-state index in [4.69, 9.17) is 16.6 Å². The normalized spacial score (nSPS) is 11.1. The molecule has 2 aromatic carbocycles. The lowest BCUT2D eigenvalue weighted by atomic mass is 10.1. The number of Topliss-reactive ketones (excluding diaryl/α,β-unsaturated/α-hetero) is 1. The van der Waals surface area contributed by atoms with Gasteiger partial charge in [0.05, 0.1) is 0 Å². The fraction of sp³-hybridized carbons (Fsp3) is 0.0870. The zero-order valence-corrected chi connectivity index (χ0v) is 17.9. The summed E-state index contributed by atoms with van der Waals surface area (Å²) in [5.74, 6) is -0.530. The Hall–Kier alpha value is -3.03. The number of nitrogens with zero attached hydrogens (tertiary/aromatic N) is 3. The third kappa shape index (κ3) is 4.52. The van der Waals surface area contributed by atoms with E-state index in [-0.39, 0.29) is 5.56 Å². The van der Waals surface area contributed by atoms with E-state index >= 15 is 0 Å². The molecule has 8 heteroatoms. The lowest BCUT2D eigenvalue weighted by Crippen LogP contribution is -2.09. The molecule has 0 bridgehead atoms. The minimum absolute atomic E-state index is 0.0356. The zero-order valence-electron chi connectivity index (χ0n) is 16.3. The van der Waals surface area contributed by atoms with Gasteiger partial charge in [0.15, 0.2) is 5.82 Å². The van der Waals surface area contributed by atoms with E-state index in [1.165, 1.54) is 23.9 Å². The van der Waals surface area contributed by atoms with Gasteiger partial charge in [0.1, 0.15) is 16.4 Å². The Labute approximate surface area is 186 Å². The quantitative estimate of drug-likeness (QED) is 0.315. The molecule has 0 aliphatic rings. The molecular formula is C23H16ClF2N3OS. The van der Waals surface area contributed by atoms with Crippen LogP contribution >= 0.6 is 23.4 Å². The first-order valence-corrected chi connectivity index (χ1v) is 10.5. The van der Waals surface area contributed by atoms with Gasteiger partial charge >= 0.3 is 6.43 Å². The van der Waals surface area contributed by atoms with Crippen LogP contribution in [0.5, 0.6) is 0 Å². The molecule has 0 fully saturated rings. The summed E-state index contributed by atoms with van der Waals surface area (Å²) in [6.45, 7) is 0. The second-order valence-corrected chi connectivity index (χ2v) is 8.16. The van der Waals surface area contributed by atoms with Gasteiger partial charge in [0.25, 0.3) is 0 Å². The number of imidazole rings is 1. The van der Waals surface area contributed by atoms with Crippen molar-refractivity contribution in [3.63, 3.8) is 0 Å². The van der Waals surface area contributed by atoms with Crippen molar-refractivity contribution in [3.8, 4) is 22.8 Å². The molecular weight excluding hydrogens is 440 g/mol. The van der Waals surface area contributed by atoms with Gasteiger partial charge < -0.3 is 4.57 Å². The van der Waals surface area contributed by atoms with E-state index in [2.05, 4.69) is 4.98 Å². The summed E-state index contributed by atoms with van der Waals surface area (Å²) >= 11 is 7.51. The Kier molecular flexibility index (Phi) is 6.15. The van der Waals surface area contributed by atoms with Crippen LogP contribution in [0.25, 0.3) is 22.8 Å². The molecule has 0 saturated carbocycles. The largest absolute Gasteiger partial charge is 0.320 e. The number of alkyl halides is 2. The summed E-state index contributed by atoms with van der Waals surface area (Å²) in [6.07, 6.45) is -1.34. The third-order valence-electron chi connectivity index (χ3n) is 4.61. The second kappa shape index (κ2) is 8.99. The van der Waals surface area contributed by atoms with Crippen LogP contribution in [-0.4, -0.2) is 26.7 Å². The Balaban J connectivity index is 1.80. The predicted molar refractivity (Wildman–Crippen MR) is 118 cm³/mol. The van der Waals surface area contributed by atoms with Crippen molar-refractivity contribution in [3.05, 3.63) is 83.5 Å². The molecule has 0 radical (unpaired) electrons. The first-order valence-electron chi connectivity index (χ1n) is 9.28. The van der Waals surface area contributed by atoms with Crippen LogP contribution in [0.2, 0.25) is 5.02 Å². The Morgan fingerprint density at radius 2 is 1.74 bits per heavy atom. The van der Waals surface area contributed by atoms with Crippen molar-refractivity contribution >= 4 is 29.1 Å². The molecule has 156 valence electrons. The van der Waals surface area contributed by atoms with Gasteiger partial charge in [-0.15, -0.1) is 0 Å². The number of hydrogen-bond donors (Lipinski definition) is 0. The third-order valence-corrected chi connectivity index (χ3v) is 6.03. The molecule has 0 N–H and O–H groups in total. The topological polar surface area (TPSA) is 47.8 Å². The summed E-state index contributed by atoms with van der Waals surface area (Å²) in [5, 5.41) is 1.49. The minimum Gasteiger partial charge on any atom is -0.320 e. The molecule has 0 amide bonds. The van der Waals surface area contributed by atoms with Gasteiger partial charge in [0.2, 0.25) is 5.78 Å². The summed E-state index contributed by atoms with van der Waals surface area (Å²) < 4.78 is 27.4. The number of carbonyl (C=O) groups excluding carboxylic acids is 1. The summed E-state index contributed by atoms with van der Waals surface area (Å²) in [4.78, 5) is 21.7. The van der Waals surface area contributed by atoms with Crippen molar-refractivity contribution in [1.29, 1.82) is 0 Å². The summed E-state index contributed by atoms with van der Waals surface area (Å²) in [5.41, 5.74) is 2.05. The van der Waals surface area contributed by atoms with Gasteiger partial charge in [-0.3, -0.25) is 9.78 Å². The van der Waals surface area contributed by atoms with Crippen molar-refractivity contribution < 1.29 is 13.6 Å². The number of aromatic nitrogens is 3. The van der Waals surface area contributed by atoms with Crippen LogP contribution in [0.1, 0.15) is 10.4 Å². The molecule has 0 unspecified atom stereocenters. The number of carbonyl (C=O) groups is 1. The SMILES string of the molecule is Cn1c(-c2ccccn2)nc(-c2ccc(C(=O)C(F)F)cc2)c1Sc1ccc(Cl)cc1. The number of halogens is 3. The Bertz CT molecular complexity index is 1210. The highest BCUT2D eigenvalue weighted by atomic mass is 35.5. The van der Waals surface area contributed by atoms with E-state index in [9.17, 15) is 13.6 Å². The second-order valence-electron chi connectivity index (χ2n) is 6.66.